The fourth-order valence-electron chi connectivity index (χ4n) is 1.74. The maximum atomic E-state index is 10.0. The van der Waals surface area contributed by atoms with E-state index in [4.69, 9.17) is 0 Å². The Hall–Kier alpha value is -2.79. The molecule has 0 amide bonds. The van der Waals surface area contributed by atoms with Crippen molar-refractivity contribution in [1.82, 2.24) is 15.2 Å². The highest BCUT2D eigenvalue weighted by Gasteiger charge is 2.05. The lowest BCUT2D eigenvalue weighted by Crippen LogP contribution is -2.19. The van der Waals surface area contributed by atoms with Crippen LogP contribution in [-0.4, -0.2) is 26.5 Å². The molecule has 1 atom stereocenters. The van der Waals surface area contributed by atoms with Gasteiger partial charge in [-0.05, 0) is 41.8 Å². The van der Waals surface area contributed by atoms with E-state index in [1.165, 1.54) is 6.20 Å². The summed E-state index contributed by atoms with van der Waals surface area (Å²) in [6, 6.07) is 5.61. The summed E-state index contributed by atoms with van der Waals surface area (Å²) < 4.78 is 0. The number of nitrogens with one attached hydrogen (secondary N) is 1. The zero-order valence-electron chi connectivity index (χ0n) is 12.3. The lowest BCUT2D eigenvalue weighted by atomic mass is 10.1. The van der Waals surface area contributed by atoms with Crippen LogP contribution in [0.3, 0.4) is 0 Å². The van der Waals surface area contributed by atoms with Gasteiger partial charge in [0.25, 0.3) is 0 Å². The molecule has 22 heavy (non-hydrogen) atoms. The number of hydrogen-bond acceptors (Lipinski definition) is 5. The Bertz CT molecular complexity index is 666. The molecule has 2 aromatic rings. The van der Waals surface area contributed by atoms with Gasteiger partial charge in [0.15, 0.2) is 0 Å². The molecule has 0 aliphatic rings. The predicted molar refractivity (Wildman–Crippen MR) is 87.8 cm³/mol. The highest BCUT2D eigenvalue weighted by atomic mass is 16.3. The highest BCUT2D eigenvalue weighted by molar-refractivity contribution is 5.64. The van der Waals surface area contributed by atoms with Crippen molar-refractivity contribution >= 4 is 11.3 Å². The van der Waals surface area contributed by atoms with E-state index in [0.717, 1.165) is 11.1 Å². The van der Waals surface area contributed by atoms with Crippen LogP contribution in [0.5, 0.6) is 0 Å². The van der Waals surface area contributed by atoms with Gasteiger partial charge in [-0.1, -0.05) is 24.8 Å². The van der Waals surface area contributed by atoms with E-state index in [0.29, 0.717) is 11.3 Å². The van der Waals surface area contributed by atoms with Crippen LogP contribution in [0.25, 0.3) is 5.57 Å². The topological polar surface area (TPSA) is 70.9 Å². The quantitative estimate of drug-likeness (QED) is 0.633. The molecule has 2 N–H and O–H groups in total. The van der Waals surface area contributed by atoms with E-state index in [9.17, 15) is 5.11 Å². The lowest BCUT2D eigenvalue weighted by Gasteiger charge is -2.13. The fourth-order valence-corrected chi connectivity index (χ4v) is 1.74. The van der Waals surface area contributed by atoms with Crippen molar-refractivity contribution in [2.24, 2.45) is 0 Å². The maximum Gasteiger partial charge on any atom is 0.150 e. The Balaban J connectivity index is 1.93. The molecule has 0 bridgehead atoms. The molecule has 0 saturated heterocycles. The second-order valence-electron chi connectivity index (χ2n) is 4.70. The van der Waals surface area contributed by atoms with Crippen molar-refractivity contribution in [2.75, 3.05) is 5.32 Å². The molecular weight excluding hydrogens is 276 g/mol. The summed E-state index contributed by atoms with van der Waals surface area (Å²) in [4.78, 5) is 3.99. The standard InChI is InChI=1S/C17H18N4O/c1-13(15-6-9-18-10-7-15)4-3-5-14(2)17(22)21-16-8-11-19-20-12-16/h3-12,17,22H,2H2,1H3,(H,19,21)/b5-3-,13-4+. The highest BCUT2D eigenvalue weighted by Crippen LogP contribution is 2.13. The van der Waals surface area contributed by atoms with Crippen LogP contribution >= 0.6 is 0 Å². The van der Waals surface area contributed by atoms with Gasteiger partial charge in [-0.2, -0.15) is 10.2 Å². The number of pyridine rings is 1. The number of aliphatic hydroxyl groups excluding tert-OH is 1. The third-order valence-corrected chi connectivity index (χ3v) is 3.03. The van der Waals surface area contributed by atoms with Crippen LogP contribution in [-0.2, 0) is 0 Å². The first-order valence-electron chi connectivity index (χ1n) is 6.82. The molecule has 0 radical (unpaired) electrons. The Morgan fingerprint density at radius 1 is 1.23 bits per heavy atom. The van der Waals surface area contributed by atoms with Crippen molar-refractivity contribution in [3.05, 3.63) is 78.9 Å². The van der Waals surface area contributed by atoms with E-state index in [1.807, 2.05) is 31.2 Å². The van der Waals surface area contributed by atoms with Crippen LogP contribution in [0.15, 0.2) is 73.4 Å². The zero-order chi connectivity index (χ0) is 15.8. The monoisotopic (exact) mass is 294 g/mol. The normalized spacial score (nSPS) is 13.1. The third-order valence-electron chi connectivity index (χ3n) is 3.03. The van der Waals surface area contributed by atoms with Gasteiger partial charge < -0.3 is 10.4 Å². The van der Waals surface area contributed by atoms with Crippen LogP contribution < -0.4 is 5.32 Å². The average Bonchev–Trinajstić information content (AvgIpc) is 2.56. The van der Waals surface area contributed by atoms with Crippen LogP contribution in [0.2, 0.25) is 0 Å². The van der Waals surface area contributed by atoms with E-state index in [2.05, 4.69) is 27.1 Å². The summed E-state index contributed by atoms with van der Waals surface area (Å²) in [5, 5.41) is 20.3. The van der Waals surface area contributed by atoms with E-state index in [-0.39, 0.29) is 0 Å². The van der Waals surface area contributed by atoms with Crippen LogP contribution in [0.1, 0.15) is 12.5 Å². The van der Waals surface area contributed by atoms with Crippen molar-refractivity contribution in [3.8, 4) is 0 Å². The summed E-state index contributed by atoms with van der Waals surface area (Å²) in [5.74, 6) is 0. The number of hydrogen-bond donors (Lipinski definition) is 2. The van der Waals surface area contributed by atoms with Gasteiger partial charge >= 0.3 is 0 Å². The Morgan fingerprint density at radius 2 is 2.00 bits per heavy atom. The molecule has 1 unspecified atom stereocenters. The summed E-state index contributed by atoms with van der Waals surface area (Å²) in [6.07, 6.45) is 11.3. The Labute approximate surface area is 129 Å². The smallest absolute Gasteiger partial charge is 0.150 e. The molecule has 0 spiro atoms. The van der Waals surface area contributed by atoms with Crippen molar-refractivity contribution < 1.29 is 5.11 Å². The summed E-state index contributed by atoms with van der Waals surface area (Å²) in [6.45, 7) is 5.86. The Morgan fingerprint density at radius 3 is 2.68 bits per heavy atom. The van der Waals surface area contributed by atoms with E-state index < -0.39 is 6.23 Å². The van der Waals surface area contributed by atoms with Gasteiger partial charge in [-0.25, -0.2) is 0 Å². The molecule has 112 valence electrons. The number of allylic oxidation sites excluding steroid dienone is 3. The molecule has 0 aliphatic heterocycles. The summed E-state index contributed by atoms with van der Waals surface area (Å²) in [5.41, 5.74) is 3.44. The molecule has 2 rings (SSSR count). The van der Waals surface area contributed by atoms with Crippen LogP contribution in [0.4, 0.5) is 5.69 Å². The zero-order valence-corrected chi connectivity index (χ0v) is 12.3. The molecule has 0 fully saturated rings. The second kappa shape index (κ2) is 7.85. The van der Waals surface area contributed by atoms with E-state index in [1.54, 1.807) is 30.7 Å². The maximum absolute atomic E-state index is 10.0. The molecule has 0 aliphatic carbocycles. The van der Waals surface area contributed by atoms with Crippen molar-refractivity contribution in [3.63, 3.8) is 0 Å². The molecule has 0 saturated carbocycles. The van der Waals surface area contributed by atoms with Crippen molar-refractivity contribution in [2.45, 2.75) is 13.2 Å². The SMILES string of the molecule is C=C(/C=C\C=C(/C)c1ccncc1)C(O)Nc1ccnnc1. The van der Waals surface area contributed by atoms with Crippen molar-refractivity contribution in [1.29, 1.82) is 0 Å². The van der Waals surface area contributed by atoms with Crippen LogP contribution in [0, 0.1) is 0 Å². The number of anilines is 1. The number of nitrogens with zero attached hydrogens (tertiary/aromatic N) is 3. The van der Waals surface area contributed by atoms with Gasteiger partial charge in [0.1, 0.15) is 6.23 Å². The lowest BCUT2D eigenvalue weighted by molar-refractivity contribution is 0.244. The molecule has 5 nitrogen and oxygen atoms in total. The first kappa shape index (κ1) is 15.6. The van der Waals surface area contributed by atoms with Gasteiger partial charge in [0.2, 0.25) is 0 Å². The minimum Gasteiger partial charge on any atom is -0.369 e. The number of aromatic nitrogens is 3. The number of aliphatic hydroxyl groups is 1. The molecule has 2 aromatic heterocycles. The second-order valence-corrected chi connectivity index (χ2v) is 4.70. The molecular formula is C17H18N4O. The van der Waals surface area contributed by atoms with Gasteiger partial charge in [-0.15, -0.1) is 0 Å². The largest absolute Gasteiger partial charge is 0.369 e. The summed E-state index contributed by atoms with van der Waals surface area (Å²) in [7, 11) is 0. The van der Waals surface area contributed by atoms with Gasteiger partial charge in [0, 0.05) is 12.4 Å². The third kappa shape index (κ3) is 4.64. The van der Waals surface area contributed by atoms with Gasteiger partial charge in [-0.3, -0.25) is 4.98 Å². The van der Waals surface area contributed by atoms with E-state index >= 15 is 0 Å². The van der Waals surface area contributed by atoms with Gasteiger partial charge in [0.05, 0.1) is 18.1 Å². The Kier molecular flexibility index (Phi) is 5.57. The fraction of sp³-hybridized carbons (Fsp3) is 0.118. The molecule has 5 heteroatoms. The first-order valence-corrected chi connectivity index (χ1v) is 6.82. The average molecular weight is 294 g/mol. The minimum atomic E-state index is -0.880. The first-order chi connectivity index (χ1) is 10.7. The molecule has 2 heterocycles. The summed E-state index contributed by atoms with van der Waals surface area (Å²) >= 11 is 0. The molecule has 0 aromatic carbocycles. The predicted octanol–water partition coefficient (Wildman–Crippen LogP) is 2.82. The number of rotatable bonds is 6. The minimum absolute atomic E-state index is 0.551.